The van der Waals surface area contributed by atoms with Crippen LogP contribution in [0.3, 0.4) is 0 Å². The standard InChI is InChI=1S/C18H22N2O3Si/c1-18(2,3)23-17(22)20-12-14(13-8-7-10-19-16(13)20)15(21)9-11-24(4,5)6/h7-8,10,12H,1-6H3. The van der Waals surface area contributed by atoms with Crippen LogP contribution in [0.2, 0.25) is 19.6 Å². The van der Waals surface area contributed by atoms with Crippen molar-refractivity contribution in [1.82, 2.24) is 9.55 Å². The summed E-state index contributed by atoms with van der Waals surface area (Å²) in [5, 5.41) is 0.596. The van der Waals surface area contributed by atoms with Crippen molar-refractivity contribution in [2.75, 3.05) is 0 Å². The Labute approximate surface area is 143 Å². The zero-order chi connectivity index (χ0) is 18.1. The number of hydrogen-bond acceptors (Lipinski definition) is 4. The Morgan fingerprint density at radius 2 is 1.92 bits per heavy atom. The molecule has 5 nitrogen and oxygen atoms in total. The average molecular weight is 342 g/mol. The van der Waals surface area contributed by atoms with Crippen molar-refractivity contribution in [3.05, 3.63) is 30.1 Å². The van der Waals surface area contributed by atoms with Crippen molar-refractivity contribution in [3.8, 4) is 11.5 Å². The second-order valence-electron chi connectivity index (χ2n) is 7.60. The number of aromatic nitrogens is 2. The predicted octanol–water partition coefficient (Wildman–Crippen LogP) is 3.88. The van der Waals surface area contributed by atoms with E-state index in [2.05, 4.69) is 36.1 Å². The quantitative estimate of drug-likeness (QED) is 0.448. The van der Waals surface area contributed by atoms with E-state index in [1.165, 1.54) is 10.8 Å². The van der Waals surface area contributed by atoms with E-state index in [1.54, 1.807) is 39.1 Å². The van der Waals surface area contributed by atoms with Gasteiger partial charge in [0.1, 0.15) is 19.3 Å². The first-order valence-corrected chi connectivity index (χ1v) is 11.2. The molecule has 2 heterocycles. The van der Waals surface area contributed by atoms with Crippen molar-refractivity contribution in [1.29, 1.82) is 0 Å². The molecule has 0 unspecified atom stereocenters. The highest BCUT2D eigenvalue weighted by Crippen LogP contribution is 2.21. The maximum absolute atomic E-state index is 12.5. The lowest BCUT2D eigenvalue weighted by Crippen LogP contribution is -2.26. The summed E-state index contributed by atoms with van der Waals surface area (Å²) in [5.74, 6) is 2.40. The summed E-state index contributed by atoms with van der Waals surface area (Å²) in [6.07, 6.45) is 2.47. The molecule has 0 atom stereocenters. The van der Waals surface area contributed by atoms with Gasteiger partial charge in [0.05, 0.1) is 5.56 Å². The number of rotatable bonds is 1. The number of ketones is 1. The molecule has 0 aliphatic carbocycles. The highest BCUT2D eigenvalue weighted by atomic mass is 28.3. The van der Waals surface area contributed by atoms with Crippen molar-refractivity contribution in [2.45, 2.75) is 46.0 Å². The minimum atomic E-state index is -1.66. The lowest BCUT2D eigenvalue weighted by atomic mass is 10.1. The maximum Gasteiger partial charge on any atom is 0.420 e. The summed E-state index contributed by atoms with van der Waals surface area (Å²) in [7, 11) is -1.66. The number of carbonyl (C=O) groups is 2. The molecule has 0 aromatic carbocycles. The van der Waals surface area contributed by atoms with E-state index in [1.807, 2.05) is 0 Å². The molecule has 2 aromatic rings. The third kappa shape index (κ3) is 4.33. The van der Waals surface area contributed by atoms with Gasteiger partial charge < -0.3 is 4.74 Å². The summed E-state index contributed by atoms with van der Waals surface area (Å²) >= 11 is 0. The maximum atomic E-state index is 12.5. The largest absolute Gasteiger partial charge is 0.443 e. The van der Waals surface area contributed by atoms with Crippen LogP contribution in [0, 0.1) is 11.5 Å². The van der Waals surface area contributed by atoms with Gasteiger partial charge in [-0.15, -0.1) is 5.54 Å². The molecule has 6 heteroatoms. The SMILES string of the molecule is CC(C)(C)OC(=O)n1cc(C(=O)C#C[Si](C)(C)C)c2cccnc21. The van der Waals surface area contributed by atoms with Crippen LogP contribution in [0.25, 0.3) is 11.0 Å². The van der Waals surface area contributed by atoms with Gasteiger partial charge >= 0.3 is 6.09 Å². The van der Waals surface area contributed by atoms with E-state index in [9.17, 15) is 9.59 Å². The fourth-order valence-electron chi connectivity index (χ4n) is 2.00. The van der Waals surface area contributed by atoms with Crippen molar-refractivity contribution < 1.29 is 14.3 Å². The normalized spacial score (nSPS) is 11.8. The molecule has 0 N–H and O–H groups in total. The lowest BCUT2D eigenvalue weighted by molar-refractivity contribution is 0.0543. The first-order chi connectivity index (χ1) is 11.0. The van der Waals surface area contributed by atoms with Gasteiger partial charge in [-0.25, -0.2) is 14.3 Å². The zero-order valence-electron chi connectivity index (χ0n) is 14.9. The minimum Gasteiger partial charge on any atom is -0.443 e. The van der Waals surface area contributed by atoms with Crippen LogP contribution in [0.4, 0.5) is 4.79 Å². The van der Waals surface area contributed by atoms with Crippen LogP contribution in [-0.4, -0.2) is 35.1 Å². The number of pyridine rings is 1. The third-order valence-electron chi connectivity index (χ3n) is 2.95. The molecule has 0 saturated heterocycles. The number of fused-ring (bicyclic) bond motifs is 1. The molecule has 0 bridgehead atoms. The van der Waals surface area contributed by atoms with E-state index in [0.717, 1.165) is 0 Å². The lowest BCUT2D eigenvalue weighted by Gasteiger charge is -2.19. The Balaban J connectivity index is 2.51. The van der Waals surface area contributed by atoms with Gasteiger partial charge in [0.2, 0.25) is 5.78 Å². The Morgan fingerprint density at radius 3 is 2.50 bits per heavy atom. The van der Waals surface area contributed by atoms with Crippen LogP contribution >= 0.6 is 0 Å². The highest BCUT2D eigenvalue weighted by molar-refractivity contribution is 6.84. The van der Waals surface area contributed by atoms with E-state index in [-0.39, 0.29) is 5.78 Å². The van der Waals surface area contributed by atoms with Crippen LogP contribution in [-0.2, 0) is 4.74 Å². The molecule has 2 aromatic heterocycles. The fraction of sp³-hybridized carbons (Fsp3) is 0.389. The molecule has 0 aliphatic heterocycles. The minimum absolute atomic E-state index is 0.308. The van der Waals surface area contributed by atoms with E-state index < -0.39 is 19.8 Å². The molecule has 0 saturated carbocycles. The molecule has 0 amide bonds. The molecular weight excluding hydrogens is 320 g/mol. The molecule has 126 valence electrons. The topological polar surface area (TPSA) is 61.2 Å². The van der Waals surface area contributed by atoms with Crippen LogP contribution in [0.1, 0.15) is 31.1 Å². The first kappa shape index (κ1) is 18.0. The average Bonchev–Trinajstić information content (AvgIpc) is 2.82. The number of carbonyl (C=O) groups excluding carboxylic acids is 2. The first-order valence-electron chi connectivity index (χ1n) is 7.75. The molecule has 0 aliphatic rings. The smallest absolute Gasteiger partial charge is 0.420 e. The zero-order valence-corrected chi connectivity index (χ0v) is 15.9. The Kier molecular flexibility index (Phi) is 4.67. The molecule has 24 heavy (non-hydrogen) atoms. The van der Waals surface area contributed by atoms with Crippen LogP contribution < -0.4 is 0 Å². The second kappa shape index (κ2) is 6.25. The van der Waals surface area contributed by atoms with E-state index in [0.29, 0.717) is 16.6 Å². The second-order valence-corrected chi connectivity index (χ2v) is 12.3. The Hall–Kier alpha value is -2.39. The number of ether oxygens (including phenoxy) is 1. The predicted molar refractivity (Wildman–Crippen MR) is 96.8 cm³/mol. The van der Waals surface area contributed by atoms with Gasteiger partial charge in [0, 0.05) is 17.8 Å². The van der Waals surface area contributed by atoms with Crippen molar-refractivity contribution >= 4 is 31.0 Å². The van der Waals surface area contributed by atoms with Crippen molar-refractivity contribution in [2.24, 2.45) is 0 Å². The summed E-state index contributed by atoms with van der Waals surface area (Å²) in [5.41, 5.74) is 3.18. The fourth-order valence-corrected chi connectivity index (χ4v) is 2.49. The summed E-state index contributed by atoms with van der Waals surface area (Å²) in [4.78, 5) is 29.1. The third-order valence-corrected chi connectivity index (χ3v) is 3.82. The Bertz CT molecular complexity index is 858. The summed E-state index contributed by atoms with van der Waals surface area (Å²) in [6.45, 7) is 11.6. The van der Waals surface area contributed by atoms with Gasteiger partial charge in [-0.3, -0.25) is 4.79 Å². The van der Waals surface area contributed by atoms with Gasteiger partial charge in [-0.1, -0.05) is 19.6 Å². The molecule has 2 rings (SSSR count). The van der Waals surface area contributed by atoms with Gasteiger partial charge in [-0.2, -0.15) is 0 Å². The van der Waals surface area contributed by atoms with Gasteiger partial charge in [-0.05, 0) is 38.8 Å². The highest BCUT2D eigenvalue weighted by Gasteiger charge is 2.23. The monoisotopic (exact) mass is 342 g/mol. The van der Waals surface area contributed by atoms with E-state index in [4.69, 9.17) is 4.74 Å². The molecule has 0 spiro atoms. The van der Waals surface area contributed by atoms with E-state index >= 15 is 0 Å². The summed E-state index contributed by atoms with van der Waals surface area (Å²) in [6, 6.07) is 3.48. The molecule has 0 radical (unpaired) electrons. The number of nitrogens with zero attached hydrogens (tertiary/aromatic N) is 2. The van der Waals surface area contributed by atoms with Crippen LogP contribution in [0.5, 0.6) is 0 Å². The summed E-state index contributed by atoms with van der Waals surface area (Å²) < 4.78 is 6.65. The van der Waals surface area contributed by atoms with Crippen molar-refractivity contribution in [3.63, 3.8) is 0 Å². The van der Waals surface area contributed by atoms with Crippen LogP contribution in [0.15, 0.2) is 24.5 Å². The number of hydrogen-bond donors (Lipinski definition) is 0. The Morgan fingerprint density at radius 1 is 1.25 bits per heavy atom. The van der Waals surface area contributed by atoms with Gasteiger partial charge in [0.25, 0.3) is 0 Å². The molecular formula is C18H22N2O3Si. The molecule has 0 fully saturated rings. The number of Topliss-reactive ketones (excluding diaryl/α,β-unsaturated/α-hetero) is 1. The van der Waals surface area contributed by atoms with Gasteiger partial charge in [0.15, 0.2) is 0 Å².